The Balaban J connectivity index is 1.82. The van der Waals surface area contributed by atoms with Crippen molar-refractivity contribution in [1.82, 2.24) is 0 Å². The summed E-state index contributed by atoms with van der Waals surface area (Å²) in [6.45, 7) is 4.65. The normalized spacial score (nSPS) is 14.6. The molecular weight excluding hydrogens is 383 g/mol. The Morgan fingerprint density at radius 3 is 2.45 bits per heavy atom. The fraction of sp³-hybridized carbons (Fsp3) is 0.381. The van der Waals surface area contributed by atoms with Crippen molar-refractivity contribution < 1.29 is 22.7 Å². The van der Waals surface area contributed by atoms with Crippen LogP contribution in [0.4, 0.5) is 30.2 Å². The fourth-order valence-electron chi connectivity index (χ4n) is 3.28. The molecule has 0 unspecified atom stereocenters. The maximum Gasteiger partial charge on any atom is 0.416 e. The second-order valence-electron chi connectivity index (χ2n) is 6.73. The number of ether oxygens (including phenoxy) is 1. The summed E-state index contributed by atoms with van der Waals surface area (Å²) in [6.07, 6.45) is -4.48. The zero-order valence-electron chi connectivity index (χ0n) is 16.2. The van der Waals surface area contributed by atoms with Gasteiger partial charge in [-0.05, 0) is 37.3 Å². The van der Waals surface area contributed by atoms with Crippen molar-refractivity contribution >= 4 is 23.0 Å². The first-order valence-electron chi connectivity index (χ1n) is 9.52. The molecule has 0 atom stereocenters. The highest BCUT2D eigenvalue weighted by Gasteiger charge is 2.32. The van der Waals surface area contributed by atoms with E-state index in [1.807, 2.05) is 47.1 Å². The minimum Gasteiger partial charge on any atom is -0.378 e. The quantitative estimate of drug-likeness (QED) is 0.786. The Morgan fingerprint density at radius 2 is 1.83 bits per heavy atom. The van der Waals surface area contributed by atoms with E-state index in [2.05, 4.69) is 5.32 Å². The molecule has 0 aromatic heterocycles. The van der Waals surface area contributed by atoms with E-state index in [-0.39, 0.29) is 18.1 Å². The Labute approximate surface area is 168 Å². The van der Waals surface area contributed by atoms with Gasteiger partial charge in [0, 0.05) is 25.3 Å². The molecule has 1 aliphatic rings. The first-order valence-corrected chi connectivity index (χ1v) is 9.52. The highest BCUT2D eigenvalue weighted by molar-refractivity contribution is 5.97. The molecule has 1 amide bonds. The second kappa shape index (κ2) is 9.17. The maximum absolute atomic E-state index is 13.2. The molecule has 0 bridgehead atoms. The number of alkyl halides is 3. The highest BCUT2D eigenvalue weighted by Crippen LogP contribution is 2.35. The lowest BCUT2D eigenvalue weighted by Crippen LogP contribution is -2.37. The predicted molar refractivity (Wildman–Crippen MR) is 107 cm³/mol. The van der Waals surface area contributed by atoms with Crippen LogP contribution in [0.25, 0.3) is 0 Å². The number of hydrogen-bond donors (Lipinski definition) is 1. The topological polar surface area (TPSA) is 44.8 Å². The molecule has 156 valence electrons. The van der Waals surface area contributed by atoms with E-state index in [1.54, 1.807) is 0 Å². The van der Waals surface area contributed by atoms with Crippen molar-refractivity contribution in [3.05, 3.63) is 54.1 Å². The SMILES string of the molecule is CCN(CC(=O)Nc1cc(C(F)(F)F)ccc1N1CCOCC1)c1ccccc1. The summed E-state index contributed by atoms with van der Waals surface area (Å²) < 4.78 is 45.0. The van der Waals surface area contributed by atoms with Gasteiger partial charge in [0.2, 0.25) is 5.91 Å². The van der Waals surface area contributed by atoms with Crippen LogP contribution >= 0.6 is 0 Å². The third-order valence-corrected chi connectivity index (χ3v) is 4.79. The molecule has 1 saturated heterocycles. The van der Waals surface area contributed by atoms with Gasteiger partial charge in [0.15, 0.2) is 0 Å². The van der Waals surface area contributed by atoms with Gasteiger partial charge in [0.1, 0.15) is 0 Å². The summed E-state index contributed by atoms with van der Waals surface area (Å²) in [5.41, 5.74) is 0.816. The van der Waals surface area contributed by atoms with Gasteiger partial charge in [-0.15, -0.1) is 0 Å². The molecule has 0 aliphatic carbocycles. The van der Waals surface area contributed by atoms with Crippen LogP contribution in [0, 0.1) is 0 Å². The van der Waals surface area contributed by atoms with Crippen molar-refractivity contribution in [2.24, 2.45) is 0 Å². The van der Waals surface area contributed by atoms with E-state index in [0.29, 0.717) is 38.5 Å². The average molecular weight is 407 g/mol. The monoisotopic (exact) mass is 407 g/mol. The van der Waals surface area contributed by atoms with Crippen molar-refractivity contribution in [3.63, 3.8) is 0 Å². The molecule has 0 radical (unpaired) electrons. The van der Waals surface area contributed by atoms with Gasteiger partial charge in [-0.25, -0.2) is 0 Å². The number of nitrogens with one attached hydrogen (secondary N) is 1. The zero-order valence-corrected chi connectivity index (χ0v) is 16.2. The van der Waals surface area contributed by atoms with Gasteiger partial charge in [-0.1, -0.05) is 18.2 Å². The Bertz CT molecular complexity index is 822. The molecule has 29 heavy (non-hydrogen) atoms. The largest absolute Gasteiger partial charge is 0.416 e. The minimum absolute atomic E-state index is 0.0410. The minimum atomic E-state index is -4.48. The summed E-state index contributed by atoms with van der Waals surface area (Å²) >= 11 is 0. The van der Waals surface area contributed by atoms with Gasteiger partial charge in [-0.3, -0.25) is 4.79 Å². The molecule has 0 spiro atoms. The maximum atomic E-state index is 13.2. The van der Waals surface area contributed by atoms with Gasteiger partial charge < -0.3 is 19.9 Å². The number of hydrogen-bond acceptors (Lipinski definition) is 4. The van der Waals surface area contributed by atoms with E-state index in [9.17, 15) is 18.0 Å². The van der Waals surface area contributed by atoms with Gasteiger partial charge in [0.05, 0.1) is 36.7 Å². The predicted octanol–water partition coefficient (Wildman–Crippen LogP) is 4.01. The van der Waals surface area contributed by atoms with E-state index < -0.39 is 11.7 Å². The molecule has 0 saturated carbocycles. The standard InChI is InChI=1S/C21H24F3N3O2/c1-2-26(17-6-4-3-5-7-17)15-20(28)25-18-14-16(21(22,23)24)8-9-19(18)27-10-12-29-13-11-27/h3-9,14H,2,10-13,15H2,1H3,(H,25,28). The number of anilines is 3. The molecule has 2 aromatic rings. The number of rotatable bonds is 6. The van der Waals surface area contributed by atoms with Crippen LogP contribution in [0.3, 0.4) is 0 Å². The molecule has 1 fully saturated rings. The van der Waals surface area contributed by atoms with E-state index >= 15 is 0 Å². The summed E-state index contributed by atoms with van der Waals surface area (Å²) in [5, 5.41) is 2.69. The Hall–Kier alpha value is -2.74. The summed E-state index contributed by atoms with van der Waals surface area (Å²) in [7, 11) is 0. The summed E-state index contributed by atoms with van der Waals surface area (Å²) in [4.78, 5) is 16.5. The molecule has 1 heterocycles. The first-order chi connectivity index (χ1) is 13.9. The Morgan fingerprint density at radius 1 is 1.14 bits per heavy atom. The number of morpholine rings is 1. The number of amides is 1. The number of carbonyl (C=O) groups excluding carboxylic acids is 1. The van der Waals surface area contributed by atoms with Crippen LogP contribution < -0.4 is 15.1 Å². The van der Waals surface area contributed by atoms with Crippen LogP contribution in [0.5, 0.6) is 0 Å². The van der Waals surface area contributed by atoms with Gasteiger partial charge in [0.25, 0.3) is 0 Å². The molecule has 1 N–H and O–H groups in total. The number of likely N-dealkylation sites (N-methyl/N-ethyl adjacent to an activating group) is 1. The Kier molecular flexibility index (Phi) is 6.64. The van der Waals surface area contributed by atoms with E-state index in [4.69, 9.17) is 4.74 Å². The molecule has 8 heteroatoms. The highest BCUT2D eigenvalue weighted by atomic mass is 19.4. The first kappa shape index (κ1) is 21.0. The smallest absolute Gasteiger partial charge is 0.378 e. The summed E-state index contributed by atoms with van der Waals surface area (Å²) in [5.74, 6) is -0.371. The molecule has 5 nitrogen and oxygen atoms in total. The van der Waals surface area contributed by atoms with E-state index in [1.165, 1.54) is 6.07 Å². The lowest BCUT2D eigenvalue weighted by Gasteiger charge is -2.31. The van der Waals surface area contributed by atoms with Crippen LogP contribution in [-0.4, -0.2) is 45.3 Å². The van der Waals surface area contributed by atoms with Crippen LogP contribution in [-0.2, 0) is 15.7 Å². The van der Waals surface area contributed by atoms with Gasteiger partial charge >= 0.3 is 6.18 Å². The van der Waals surface area contributed by atoms with Crippen LogP contribution in [0.15, 0.2) is 48.5 Å². The van der Waals surface area contributed by atoms with Crippen molar-refractivity contribution in [3.8, 4) is 0 Å². The second-order valence-corrected chi connectivity index (χ2v) is 6.73. The van der Waals surface area contributed by atoms with Crippen molar-refractivity contribution in [1.29, 1.82) is 0 Å². The van der Waals surface area contributed by atoms with Gasteiger partial charge in [-0.2, -0.15) is 13.2 Å². The number of nitrogens with zero attached hydrogens (tertiary/aromatic N) is 2. The molecule has 1 aliphatic heterocycles. The molecule has 3 rings (SSSR count). The third kappa shape index (κ3) is 5.41. The molecule has 2 aromatic carbocycles. The van der Waals surface area contributed by atoms with Crippen molar-refractivity contribution in [2.45, 2.75) is 13.1 Å². The fourth-order valence-corrected chi connectivity index (χ4v) is 3.28. The zero-order chi connectivity index (χ0) is 20.9. The average Bonchev–Trinajstić information content (AvgIpc) is 2.72. The lowest BCUT2D eigenvalue weighted by atomic mass is 10.1. The molecular formula is C21H24F3N3O2. The van der Waals surface area contributed by atoms with Crippen LogP contribution in [0.1, 0.15) is 12.5 Å². The van der Waals surface area contributed by atoms with E-state index in [0.717, 1.165) is 17.8 Å². The van der Waals surface area contributed by atoms with Crippen molar-refractivity contribution in [2.75, 3.05) is 54.5 Å². The number of carbonyl (C=O) groups is 1. The third-order valence-electron chi connectivity index (χ3n) is 4.79. The number of benzene rings is 2. The summed E-state index contributed by atoms with van der Waals surface area (Å²) in [6, 6.07) is 12.9. The number of para-hydroxylation sites is 1. The lowest BCUT2D eigenvalue weighted by molar-refractivity contribution is -0.137. The van der Waals surface area contributed by atoms with Crippen LogP contribution in [0.2, 0.25) is 0 Å². The number of halogens is 3.